The number of anilines is 2. The van der Waals surface area contributed by atoms with E-state index in [1.165, 1.54) is 6.20 Å². The Morgan fingerprint density at radius 2 is 2.13 bits per heavy atom. The Bertz CT molecular complexity index is 429. The lowest BCUT2D eigenvalue weighted by molar-refractivity contribution is 0.602. The van der Waals surface area contributed by atoms with Crippen LogP contribution in [0.4, 0.5) is 11.4 Å². The first-order chi connectivity index (χ1) is 6.96. The Hall–Kier alpha value is -1.30. The predicted octanol–water partition coefficient (Wildman–Crippen LogP) is 0.909. The van der Waals surface area contributed by atoms with Crippen LogP contribution in [0, 0.1) is 0 Å². The molecule has 0 unspecified atom stereocenters. The molecule has 0 saturated carbocycles. The van der Waals surface area contributed by atoms with Crippen molar-refractivity contribution in [2.75, 3.05) is 29.5 Å². The molecule has 6 heteroatoms. The molecule has 0 aliphatic heterocycles. The fraction of sp³-hybridized carbons (Fsp3) is 0.444. The molecular formula is C9H15N3O2S. The van der Waals surface area contributed by atoms with Crippen molar-refractivity contribution in [3.8, 4) is 0 Å². The number of pyridine rings is 1. The standard InChI is InChI=1S/C9H15N3O2S/c1-4-15(13,14)11-8-7-10-6-5-9(8)12(2)3/h5-7,11H,4H2,1-3H3. The molecule has 0 saturated heterocycles. The van der Waals surface area contributed by atoms with E-state index in [0.29, 0.717) is 5.69 Å². The highest BCUT2D eigenvalue weighted by Gasteiger charge is 2.11. The Balaban J connectivity index is 3.05. The minimum Gasteiger partial charge on any atom is -0.376 e. The second-order valence-corrected chi connectivity index (χ2v) is 5.30. The van der Waals surface area contributed by atoms with Crippen molar-refractivity contribution in [2.24, 2.45) is 0 Å². The molecule has 1 heterocycles. The molecule has 1 N–H and O–H groups in total. The summed E-state index contributed by atoms with van der Waals surface area (Å²) in [5.41, 5.74) is 1.30. The average molecular weight is 229 g/mol. The van der Waals surface area contributed by atoms with E-state index in [-0.39, 0.29) is 5.75 Å². The van der Waals surface area contributed by atoms with E-state index in [1.54, 1.807) is 19.2 Å². The molecule has 0 aromatic carbocycles. The maximum atomic E-state index is 11.4. The Morgan fingerprint density at radius 3 is 2.67 bits per heavy atom. The first-order valence-electron chi connectivity index (χ1n) is 4.58. The average Bonchev–Trinajstić information content (AvgIpc) is 2.18. The molecule has 0 atom stereocenters. The Kier molecular flexibility index (Phi) is 3.52. The van der Waals surface area contributed by atoms with E-state index in [2.05, 4.69) is 9.71 Å². The molecule has 1 rings (SSSR count). The van der Waals surface area contributed by atoms with Gasteiger partial charge in [-0.15, -0.1) is 0 Å². The molecule has 0 radical (unpaired) electrons. The second kappa shape index (κ2) is 4.48. The highest BCUT2D eigenvalue weighted by Crippen LogP contribution is 2.23. The van der Waals surface area contributed by atoms with E-state index >= 15 is 0 Å². The van der Waals surface area contributed by atoms with Gasteiger partial charge in [-0.25, -0.2) is 8.42 Å². The third kappa shape index (κ3) is 3.09. The minimum atomic E-state index is -3.25. The van der Waals surface area contributed by atoms with Crippen LogP contribution in [0.5, 0.6) is 0 Å². The van der Waals surface area contributed by atoms with Gasteiger partial charge in [0.05, 0.1) is 23.3 Å². The van der Waals surface area contributed by atoms with Crippen molar-refractivity contribution < 1.29 is 8.42 Å². The molecular weight excluding hydrogens is 214 g/mol. The van der Waals surface area contributed by atoms with Crippen LogP contribution < -0.4 is 9.62 Å². The Labute approximate surface area is 90.2 Å². The van der Waals surface area contributed by atoms with Gasteiger partial charge in [-0.1, -0.05) is 0 Å². The molecule has 1 aromatic rings. The largest absolute Gasteiger partial charge is 0.376 e. The fourth-order valence-corrected chi connectivity index (χ4v) is 1.73. The van der Waals surface area contributed by atoms with Crippen molar-refractivity contribution >= 4 is 21.4 Å². The molecule has 0 bridgehead atoms. The quantitative estimate of drug-likeness (QED) is 0.833. The van der Waals surface area contributed by atoms with E-state index in [9.17, 15) is 8.42 Å². The normalized spacial score (nSPS) is 11.1. The molecule has 0 aliphatic carbocycles. The lowest BCUT2D eigenvalue weighted by Gasteiger charge is -2.17. The smallest absolute Gasteiger partial charge is 0.232 e. The van der Waals surface area contributed by atoms with E-state index < -0.39 is 10.0 Å². The monoisotopic (exact) mass is 229 g/mol. The first-order valence-corrected chi connectivity index (χ1v) is 6.23. The van der Waals surface area contributed by atoms with Crippen LogP contribution in [0.25, 0.3) is 0 Å². The van der Waals surface area contributed by atoms with E-state index in [1.807, 2.05) is 19.0 Å². The van der Waals surface area contributed by atoms with Crippen LogP contribution in [0.15, 0.2) is 18.5 Å². The van der Waals surface area contributed by atoms with Crippen LogP contribution >= 0.6 is 0 Å². The van der Waals surface area contributed by atoms with Crippen LogP contribution in [-0.2, 0) is 10.0 Å². The highest BCUT2D eigenvalue weighted by molar-refractivity contribution is 7.92. The first kappa shape index (κ1) is 11.8. The second-order valence-electron chi connectivity index (χ2n) is 3.29. The molecule has 0 spiro atoms. The maximum Gasteiger partial charge on any atom is 0.232 e. The maximum absolute atomic E-state index is 11.4. The summed E-state index contributed by atoms with van der Waals surface area (Å²) in [4.78, 5) is 5.72. The molecule has 5 nitrogen and oxygen atoms in total. The van der Waals surface area contributed by atoms with Crippen LogP contribution in [0.2, 0.25) is 0 Å². The molecule has 1 aromatic heterocycles. The van der Waals surface area contributed by atoms with Gasteiger partial charge in [0.2, 0.25) is 10.0 Å². The van der Waals surface area contributed by atoms with Gasteiger partial charge in [-0.3, -0.25) is 9.71 Å². The summed E-state index contributed by atoms with van der Waals surface area (Å²) in [6, 6.07) is 1.76. The van der Waals surface area contributed by atoms with Gasteiger partial charge in [0.25, 0.3) is 0 Å². The number of nitrogens with zero attached hydrogens (tertiary/aromatic N) is 2. The summed E-state index contributed by atoms with van der Waals surface area (Å²) in [5, 5.41) is 0. The molecule has 0 fully saturated rings. The van der Waals surface area contributed by atoms with Crippen LogP contribution in [0.1, 0.15) is 6.92 Å². The summed E-state index contributed by atoms with van der Waals surface area (Å²) < 4.78 is 25.3. The van der Waals surface area contributed by atoms with E-state index in [4.69, 9.17) is 0 Å². The number of nitrogens with one attached hydrogen (secondary N) is 1. The fourth-order valence-electron chi connectivity index (χ4n) is 1.10. The summed E-state index contributed by atoms with van der Waals surface area (Å²) in [5.74, 6) is 0.0504. The van der Waals surface area contributed by atoms with Crippen molar-refractivity contribution in [1.82, 2.24) is 4.98 Å². The zero-order valence-electron chi connectivity index (χ0n) is 9.06. The van der Waals surface area contributed by atoms with Crippen LogP contribution in [-0.4, -0.2) is 33.2 Å². The lowest BCUT2D eigenvalue weighted by atomic mass is 10.3. The number of rotatable bonds is 4. The predicted molar refractivity (Wildman–Crippen MR) is 61.6 cm³/mol. The molecule has 0 amide bonds. The van der Waals surface area contributed by atoms with Gasteiger partial charge in [0.1, 0.15) is 0 Å². The van der Waals surface area contributed by atoms with E-state index in [0.717, 1.165) is 5.69 Å². The third-order valence-electron chi connectivity index (χ3n) is 1.93. The number of hydrogen-bond acceptors (Lipinski definition) is 4. The third-order valence-corrected chi connectivity index (χ3v) is 3.22. The summed E-state index contributed by atoms with van der Waals surface area (Å²) >= 11 is 0. The summed E-state index contributed by atoms with van der Waals surface area (Å²) in [6.07, 6.45) is 3.13. The van der Waals surface area contributed by atoms with Crippen molar-refractivity contribution in [3.63, 3.8) is 0 Å². The van der Waals surface area contributed by atoms with Gasteiger partial charge in [-0.2, -0.15) is 0 Å². The molecule has 84 valence electrons. The topological polar surface area (TPSA) is 62.3 Å². The van der Waals surface area contributed by atoms with Gasteiger partial charge in [0.15, 0.2) is 0 Å². The van der Waals surface area contributed by atoms with Crippen molar-refractivity contribution in [2.45, 2.75) is 6.92 Å². The van der Waals surface area contributed by atoms with Gasteiger partial charge >= 0.3 is 0 Å². The molecule has 0 aliphatic rings. The SMILES string of the molecule is CCS(=O)(=O)Nc1cnccc1N(C)C. The van der Waals surface area contributed by atoms with Crippen molar-refractivity contribution in [1.29, 1.82) is 0 Å². The Morgan fingerprint density at radius 1 is 1.47 bits per heavy atom. The number of aromatic nitrogens is 1. The van der Waals surface area contributed by atoms with Gasteiger partial charge in [-0.05, 0) is 13.0 Å². The zero-order valence-corrected chi connectivity index (χ0v) is 9.87. The number of sulfonamides is 1. The van der Waals surface area contributed by atoms with Gasteiger partial charge < -0.3 is 4.90 Å². The lowest BCUT2D eigenvalue weighted by Crippen LogP contribution is -2.18. The zero-order chi connectivity index (χ0) is 11.5. The molecule has 15 heavy (non-hydrogen) atoms. The summed E-state index contributed by atoms with van der Waals surface area (Å²) in [6.45, 7) is 1.59. The highest BCUT2D eigenvalue weighted by atomic mass is 32.2. The minimum absolute atomic E-state index is 0.0504. The number of hydrogen-bond donors (Lipinski definition) is 1. The van der Waals surface area contributed by atoms with Gasteiger partial charge in [0, 0.05) is 20.3 Å². The van der Waals surface area contributed by atoms with Crippen LogP contribution in [0.3, 0.4) is 0 Å². The van der Waals surface area contributed by atoms with Crippen molar-refractivity contribution in [3.05, 3.63) is 18.5 Å². The summed E-state index contributed by atoms with van der Waals surface area (Å²) in [7, 11) is 0.447.